The third-order valence-electron chi connectivity index (χ3n) is 3.64. The van der Waals surface area contributed by atoms with Crippen LogP contribution in [0, 0.1) is 0 Å². The van der Waals surface area contributed by atoms with Gasteiger partial charge in [0.1, 0.15) is 5.69 Å². The number of nitrogens with zero attached hydrogens (tertiary/aromatic N) is 3. The molecule has 0 saturated carbocycles. The van der Waals surface area contributed by atoms with Gasteiger partial charge >= 0.3 is 0 Å². The van der Waals surface area contributed by atoms with Crippen molar-refractivity contribution in [2.45, 2.75) is 6.42 Å². The molecule has 4 nitrogen and oxygen atoms in total. The molecule has 0 fully saturated rings. The van der Waals surface area contributed by atoms with E-state index >= 15 is 0 Å². The van der Waals surface area contributed by atoms with Gasteiger partial charge in [-0.1, -0.05) is 29.8 Å². The largest absolute Gasteiger partial charge is 0.476 e. The number of ether oxygens (including phenoxy) is 1. The smallest absolute Gasteiger partial charge is 0.231 e. The van der Waals surface area contributed by atoms with Gasteiger partial charge in [-0.3, -0.25) is 0 Å². The minimum absolute atomic E-state index is 0.544. The molecule has 4 rings (SSSR count). The first kappa shape index (κ1) is 15.2. The third kappa shape index (κ3) is 3.13. The van der Waals surface area contributed by atoms with Gasteiger partial charge in [0, 0.05) is 17.5 Å². The maximum Gasteiger partial charge on any atom is 0.231 e. The molecule has 24 heavy (non-hydrogen) atoms. The topological polar surface area (TPSA) is 39.4 Å². The van der Waals surface area contributed by atoms with Crippen molar-refractivity contribution >= 4 is 28.6 Å². The van der Waals surface area contributed by atoms with Gasteiger partial charge in [0.25, 0.3) is 0 Å². The lowest BCUT2D eigenvalue weighted by atomic mass is 10.2. The molecular formula is C18H14ClN3OS. The molecular weight excluding hydrogens is 342 g/mol. The van der Waals surface area contributed by atoms with E-state index in [1.807, 2.05) is 58.6 Å². The van der Waals surface area contributed by atoms with Crippen LogP contribution in [0.2, 0.25) is 5.02 Å². The molecule has 0 radical (unpaired) electrons. The van der Waals surface area contributed by atoms with Crippen LogP contribution < -0.4 is 4.74 Å². The van der Waals surface area contributed by atoms with Gasteiger partial charge in [0.05, 0.1) is 17.7 Å². The van der Waals surface area contributed by atoms with Crippen molar-refractivity contribution < 1.29 is 4.74 Å². The highest BCUT2D eigenvalue weighted by Gasteiger charge is 2.09. The number of hydrogen-bond donors (Lipinski definition) is 0. The molecule has 3 aromatic heterocycles. The lowest BCUT2D eigenvalue weighted by Crippen LogP contribution is -2.05. The van der Waals surface area contributed by atoms with Gasteiger partial charge in [-0.15, -0.1) is 16.4 Å². The molecule has 6 heteroatoms. The average molecular weight is 356 g/mol. The maximum atomic E-state index is 6.00. The van der Waals surface area contributed by atoms with Crippen molar-refractivity contribution in [1.82, 2.24) is 14.6 Å². The van der Waals surface area contributed by atoms with E-state index < -0.39 is 0 Å². The van der Waals surface area contributed by atoms with Gasteiger partial charge in [-0.05, 0) is 35.2 Å². The van der Waals surface area contributed by atoms with Crippen LogP contribution in [-0.4, -0.2) is 21.2 Å². The van der Waals surface area contributed by atoms with E-state index in [4.69, 9.17) is 16.3 Å². The molecule has 0 saturated heterocycles. The van der Waals surface area contributed by atoms with Crippen LogP contribution >= 0.6 is 22.9 Å². The zero-order valence-corrected chi connectivity index (χ0v) is 14.3. The zero-order valence-electron chi connectivity index (χ0n) is 12.7. The first-order valence-corrected chi connectivity index (χ1v) is 8.81. The van der Waals surface area contributed by atoms with E-state index in [2.05, 4.69) is 16.1 Å². The molecule has 0 spiro atoms. The number of rotatable bonds is 5. The lowest BCUT2D eigenvalue weighted by Gasteiger charge is -2.06. The van der Waals surface area contributed by atoms with Gasteiger partial charge in [-0.2, -0.15) is 0 Å². The molecule has 3 heterocycles. The highest BCUT2D eigenvalue weighted by atomic mass is 35.5. The molecule has 0 aliphatic heterocycles. The van der Waals surface area contributed by atoms with Crippen LogP contribution in [0.4, 0.5) is 0 Å². The minimum Gasteiger partial charge on any atom is -0.476 e. The standard InChI is InChI=1S/C18H14ClN3OS/c19-14-4-1-3-13(11-14)8-9-23-18-7-6-17-20-12-15(22(17)21-18)16-5-2-10-24-16/h1-7,10-12H,8-9H2. The van der Waals surface area contributed by atoms with Crippen molar-refractivity contribution in [1.29, 1.82) is 0 Å². The Morgan fingerprint density at radius 1 is 1.12 bits per heavy atom. The average Bonchev–Trinajstić information content (AvgIpc) is 3.23. The zero-order chi connectivity index (χ0) is 16.4. The van der Waals surface area contributed by atoms with Crippen molar-refractivity contribution in [2.75, 3.05) is 6.61 Å². The minimum atomic E-state index is 0.544. The molecule has 0 aliphatic rings. The summed E-state index contributed by atoms with van der Waals surface area (Å²) in [4.78, 5) is 5.52. The summed E-state index contributed by atoms with van der Waals surface area (Å²) < 4.78 is 7.62. The number of fused-ring (bicyclic) bond motifs is 1. The number of thiophene rings is 1. The van der Waals surface area contributed by atoms with E-state index in [9.17, 15) is 0 Å². The summed E-state index contributed by atoms with van der Waals surface area (Å²) in [6.45, 7) is 0.544. The van der Waals surface area contributed by atoms with E-state index in [0.717, 1.165) is 33.2 Å². The predicted molar refractivity (Wildman–Crippen MR) is 97.0 cm³/mol. The molecule has 0 aliphatic carbocycles. The van der Waals surface area contributed by atoms with Crippen LogP contribution in [0.5, 0.6) is 5.88 Å². The highest BCUT2D eigenvalue weighted by Crippen LogP contribution is 2.25. The lowest BCUT2D eigenvalue weighted by molar-refractivity contribution is 0.305. The summed E-state index contributed by atoms with van der Waals surface area (Å²) in [7, 11) is 0. The van der Waals surface area contributed by atoms with Crippen molar-refractivity contribution in [3.63, 3.8) is 0 Å². The summed E-state index contributed by atoms with van der Waals surface area (Å²) in [6.07, 6.45) is 2.62. The Kier molecular flexibility index (Phi) is 4.19. The molecule has 0 unspecified atom stereocenters. The number of imidazole rings is 1. The second-order valence-electron chi connectivity index (χ2n) is 5.29. The van der Waals surface area contributed by atoms with E-state index in [0.29, 0.717) is 12.5 Å². The fourth-order valence-corrected chi connectivity index (χ4v) is 3.43. The second-order valence-corrected chi connectivity index (χ2v) is 6.67. The Labute approximate surface area is 148 Å². The number of halogens is 1. The first-order valence-electron chi connectivity index (χ1n) is 7.55. The summed E-state index contributed by atoms with van der Waals surface area (Å²) in [5.74, 6) is 0.584. The van der Waals surface area contributed by atoms with E-state index in [-0.39, 0.29) is 0 Å². The number of benzene rings is 1. The quantitative estimate of drug-likeness (QED) is 0.519. The third-order valence-corrected chi connectivity index (χ3v) is 4.77. The summed E-state index contributed by atoms with van der Waals surface area (Å²) >= 11 is 7.66. The SMILES string of the molecule is Clc1cccc(CCOc2ccc3ncc(-c4cccs4)n3n2)c1. The molecule has 1 aromatic carbocycles. The Morgan fingerprint density at radius 2 is 2.08 bits per heavy atom. The van der Waals surface area contributed by atoms with Crippen LogP contribution in [-0.2, 0) is 6.42 Å². The highest BCUT2D eigenvalue weighted by molar-refractivity contribution is 7.13. The fourth-order valence-electron chi connectivity index (χ4n) is 2.49. The van der Waals surface area contributed by atoms with Crippen LogP contribution in [0.15, 0.2) is 60.1 Å². The number of hydrogen-bond acceptors (Lipinski definition) is 4. The second kappa shape index (κ2) is 6.63. The molecule has 0 atom stereocenters. The summed E-state index contributed by atoms with van der Waals surface area (Å²) in [6, 6.07) is 15.6. The van der Waals surface area contributed by atoms with Crippen molar-refractivity contribution in [3.05, 3.63) is 70.7 Å². The predicted octanol–water partition coefficient (Wildman–Crippen LogP) is 4.73. The van der Waals surface area contributed by atoms with Gasteiger partial charge in [0.15, 0.2) is 5.65 Å². The van der Waals surface area contributed by atoms with Crippen LogP contribution in [0.3, 0.4) is 0 Å². The van der Waals surface area contributed by atoms with Crippen molar-refractivity contribution in [3.8, 4) is 16.5 Å². The van der Waals surface area contributed by atoms with Crippen molar-refractivity contribution in [2.24, 2.45) is 0 Å². The van der Waals surface area contributed by atoms with E-state index in [1.165, 1.54) is 0 Å². The van der Waals surface area contributed by atoms with Crippen LogP contribution in [0.1, 0.15) is 5.56 Å². The Morgan fingerprint density at radius 3 is 2.92 bits per heavy atom. The van der Waals surface area contributed by atoms with Gasteiger partial charge in [-0.25, -0.2) is 9.50 Å². The molecule has 4 aromatic rings. The van der Waals surface area contributed by atoms with Gasteiger partial charge < -0.3 is 4.74 Å². The summed E-state index contributed by atoms with van der Waals surface area (Å²) in [5.41, 5.74) is 2.92. The Hall–Kier alpha value is -2.37. The van der Waals surface area contributed by atoms with E-state index in [1.54, 1.807) is 11.3 Å². The Balaban J connectivity index is 1.51. The van der Waals surface area contributed by atoms with Gasteiger partial charge in [0.2, 0.25) is 5.88 Å². The molecule has 0 amide bonds. The first-order chi connectivity index (χ1) is 11.8. The summed E-state index contributed by atoms with van der Waals surface area (Å²) in [5, 5.41) is 7.34. The normalized spacial score (nSPS) is 11.0. The molecule has 0 N–H and O–H groups in total. The number of aromatic nitrogens is 3. The molecule has 0 bridgehead atoms. The van der Waals surface area contributed by atoms with Crippen LogP contribution in [0.25, 0.3) is 16.2 Å². The molecule has 120 valence electrons. The fraction of sp³-hybridized carbons (Fsp3) is 0.111. The maximum absolute atomic E-state index is 6.00. The Bertz CT molecular complexity index is 965. The monoisotopic (exact) mass is 355 g/mol.